The molecule has 0 bridgehead atoms. The van der Waals surface area contributed by atoms with E-state index in [1.807, 2.05) is 12.5 Å². The Hall–Kier alpha value is -0.830. The normalized spacial score (nSPS) is 17.8. The van der Waals surface area contributed by atoms with E-state index in [0.717, 1.165) is 0 Å². The summed E-state index contributed by atoms with van der Waals surface area (Å²) < 4.78 is 7.93. The topological polar surface area (TPSA) is 27.1 Å². The highest BCUT2D eigenvalue weighted by Crippen LogP contribution is 2.30. The molecule has 0 N–H and O–H groups in total. The molecule has 0 saturated heterocycles. The summed E-state index contributed by atoms with van der Waals surface area (Å²) in [5.41, 5.74) is 1.22. The van der Waals surface area contributed by atoms with Gasteiger partial charge in [-0.3, -0.25) is 0 Å². The molecule has 0 aromatic carbocycles. The molecule has 0 amide bonds. The predicted molar refractivity (Wildman–Crippen MR) is 59.7 cm³/mol. The van der Waals surface area contributed by atoms with Gasteiger partial charge in [-0.05, 0) is 26.7 Å². The maximum atomic E-state index is 5.63. The van der Waals surface area contributed by atoms with E-state index in [1.54, 1.807) is 0 Å². The Labute approximate surface area is 91.5 Å². The minimum absolute atomic E-state index is 0.289. The lowest BCUT2D eigenvalue weighted by Crippen LogP contribution is -2.10. The molecule has 1 fully saturated rings. The molecule has 0 atom stereocenters. The molecule has 1 aromatic rings. The molecule has 3 nitrogen and oxygen atoms in total. The van der Waals surface area contributed by atoms with E-state index in [4.69, 9.17) is 4.74 Å². The molecule has 0 unspecified atom stereocenters. The fraction of sp³-hybridized carbons (Fsp3) is 0.750. The molecule has 1 aliphatic carbocycles. The zero-order valence-corrected chi connectivity index (χ0v) is 9.65. The smallest absolute Gasteiger partial charge is 0.0951 e. The van der Waals surface area contributed by atoms with E-state index in [1.165, 1.54) is 31.4 Å². The van der Waals surface area contributed by atoms with Crippen LogP contribution in [0.15, 0.2) is 12.5 Å². The highest BCUT2D eigenvalue weighted by Gasteiger charge is 2.18. The zero-order valence-electron chi connectivity index (χ0n) is 9.65. The third-order valence-electron chi connectivity index (χ3n) is 3.03. The summed E-state index contributed by atoms with van der Waals surface area (Å²) in [6.07, 6.45) is 9.48. The highest BCUT2D eigenvalue weighted by molar-refractivity contribution is 4.99. The molecule has 3 heteroatoms. The van der Waals surface area contributed by atoms with Crippen molar-refractivity contribution in [2.75, 3.05) is 0 Å². The Morgan fingerprint density at radius 1 is 1.47 bits per heavy atom. The fourth-order valence-corrected chi connectivity index (χ4v) is 2.21. The maximum Gasteiger partial charge on any atom is 0.0951 e. The molecule has 2 rings (SSSR count). The maximum absolute atomic E-state index is 5.63. The lowest BCUT2D eigenvalue weighted by atomic mass is 10.2. The molecule has 0 spiro atoms. The van der Waals surface area contributed by atoms with E-state index in [9.17, 15) is 0 Å². The van der Waals surface area contributed by atoms with Gasteiger partial charge in [0.1, 0.15) is 0 Å². The Kier molecular flexibility index (Phi) is 3.41. The lowest BCUT2D eigenvalue weighted by Gasteiger charge is -2.15. The van der Waals surface area contributed by atoms with Crippen LogP contribution in [-0.4, -0.2) is 15.7 Å². The SMILES string of the molecule is CC(C)OCc1cncn1C1CCCC1. The van der Waals surface area contributed by atoms with Gasteiger partial charge in [-0.2, -0.15) is 0 Å². The van der Waals surface area contributed by atoms with Crippen molar-refractivity contribution < 1.29 is 4.74 Å². The largest absolute Gasteiger partial charge is 0.373 e. The van der Waals surface area contributed by atoms with Crippen LogP contribution in [0.2, 0.25) is 0 Å². The Morgan fingerprint density at radius 2 is 2.20 bits per heavy atom. The number of hydrogen-bond donors (Lipinski definition) is 0. The number of hydrogen-bond acceptors (Lipinski definition) is 2. The van der Waals surface area contributed by atoms with Crippen molar-refractivity contribution >= 4 is 0 Å². The second-order valence-corrected chi connectivity index (χ2v) is 4.59. The molecule has 15 heavy (non-hydrogen) atoms. The second kappa shape index (κ2) is 4.79. The number of ether oxygens (including phenoxy) is 1. The van der Waals surface area contributed by atoms with Crippen molar-refractivity contribution in [3.05, 3.63) is 18.2 Å². The summed E-state index contributed by atoms with van der Waals surface area (Å²) in [6, 6.07) is 0.665. The summed E-state index contributed by atoms with van der Waals surface area (Å²) in [5.74, 6) is 0. The monoisotopic (exact) mass is 208 g/mol. The van der Waals surface area contributed by atoms with Gasteiger partial charge in [0.25, 0.3) is 0 Å². The van der Waals surface area contributed by atoms with Crippen LogP contribution in [0.25, 0.3) is 0 Å². The molecule has 1 aromatic heterocycles. The predicted octanol–water partition coefficient (Wildman–Crippen LogP) is 2.92. The van der Waals surface area contributed by atoms with Gasteiger partial charge in [0, 0.05) is 6.04 Å². The summed E-state index contributed by atoms with van der Waals surface area (Å²) >= 11 is 0. The van der Waals surface area contributed by atoms with Gasteiger partial charge in [0.15, 0.2) is 0 Å². The molecule has 1 heterocycles. The van der Waals surface area contributed by atoms with Crippen LogP contribution in [0.1, 0.15) is 51.3 Å². The van der Waals surface area contributed by atoms with Gasteiger partial charge >= 0.3 is 0 Å². The van der Waals surface area contributed by atoms with E-state index in [2.05, 4.69) is 23.4 Å². The number of nitrogens with zero attached hydrogens (tertiary/aromatic N) is 2. The van der Waals surface area contributed by atoms with Gasteiger partial charge in [-0.15, -0.1) is 0 Å². The van der Waals surface area contributed by atoms with Crippen molar-refractivity contribution in [3.63, 3.8) is 0 Å². The van der Waals surface area contributed by atoms with Crippen LogP contribution >= 0.6 is 0 Å². The van der Waals surface area contributed by atoms with Crippen LogP contribution in [0.4, 0.5) is 0 Å². The van der Waals surface area contributed by atoms with Gasteiger partial charge in [-0.25, -0.2) is 4.98 Å². The fourth-order valence-electron chi connectivity index (χ4n) is 2.21. The summed E-state index contributed by atoms with van der Waals surface area (Å²) in [7, 11) is 0. The average molecular weight is 208 g/mol. The summed E-state index contributed by atoms with van der Waals surface area (Å²) in [4.78, 5) is 4.23. The van der Waals surface area contributed by atoms with E-state index < -0.39 is 0 Å². The summed E-state index contributed by atoms with van der Waals surface area (Å²) in [6.45, 7) is 4.82. The Balaban J connectivity index is 2.01. The van der Waals surface area contributed by atoms with Crippen LogP contribution in [-0.2, 0) is 11.3 Å². The molecule has 0 aliphatic heterocycles. The van der Waals surface area contributed by atoms with Crippen LogP contribution in [0.3, 0.4) is 0 Å². The van der Waals surface area contributed by atoms with Crippen molar-refractivity contribution in [2.24, 2.45) is 0 Å². The molecule has 1 aliphatic rings. The molecule has 0 radical (unpaired) electrons. The molecule has 84 valence electrons. The van der Waals surface area contributed by atoms with Gasteiger partial charge in [-0.1, -0.05) is 12.8 Å². The van der Waals surface area contributed by atoms with Gasteiger partial charge < -0.3 is 9.30 Å². The third-order valence-corrected chi connectivity index (χ3v) is 3.03. The second-order valence-electron chi connectivity index (χ2n) is 4.59. The van der Waals surface area contributed by atoms with Crippen molar-refractivity contribution in [3.8, 4) is 0 Å². The Bertz CT molecular complexity index is 300. The first kappa shape index (κ1) is 10.7. The van der Waals surface area contributed by atoms with Gasteiger partial charge in [0.05, 0.1) is 30.9 Å². The number of aromatic nitrogens is 2. The first-order chi connectivity index (χ1) is 7.27. The number of imidazole rings is 1. The Morgan fingerprint density at radius 3 is 2.87 bits per heavy atom. The third kappa shape index (κ3) is 2.59. The zero-order chi connectivity index (χ0) is 10.7. The number of rotatable bonds is 4. The first-order valence-electron chi connectivity index (χ1n) is 5.89. The van der Waals surface area contributed by atoms with Crippen molar-refractivity contribution in [1.82, 2.24) is 9.55 Å². The molecular formula is C12H20N2O. The minimum Gasteiger partial charge on any atom is -0.373 e. The van der Waals surface area contributed by atoms with Gasteiger partial charge in [0.2, 0.25) is 0 Å². The highest BCUT2D eigenvalue weighted by atomic mass is 16.5. The van der Waals surface area contributed by atoms with Crippen LogP contribution < -0.4 is 0 Å². The van der Waals surface area contributed by atoms with E-state index in [-0.39, 0.29) is 6.10 Å². The standard InChI is InChI=1S/C12H20N2O/c1-10(2)15-8-12-7-13-9-14(12)11-5-3-4-6-11/h7,9-11H,3-6,8H2,1-2H3. The first-order valence-corrected chi connectivity index (χ1v) is 5.89. The molecular weight excluding hydrogens is 188 g/mol. The lowest BCUT2D eigenvalue weighted by molar-refractivity contribution is 0.0610. The molecule has 1 saturated carbocycles. The summed E-state index contributed by atoms with van der Waals surface area (Å²) in [5, 5.41) is 0. The quantitative estimate of drug-likeness (QED) is 0.760. The van der Waals surface area contributed by atoms with Crippen molar-refractivity contribution in [1.29, 1.82) is 0 Å². The van der Waals surface area contributed by atoms with Crippen LogP contribution in [0.5, 0.6) is 0 Å². The minimum atomic E-state index is 0.289. The van der Waals surface area contributed by atoms with E-state index >= 15 is 0 Å². The van der Waals surface area contributed by atoms with Crippen molar-refractivity contribution in [2.45, 2.75) is 58.3 Å². The van der Waals surface area contributed by atoms with Crippen LogP contribution in [0, 0.1) is 0 Å². The van der Waals surface area contributed by atoms with E-state index in [0.29, 0.717) is 12.6 Å². The average Bonchev–Trinajstić information content (AvgIpc) is 2.85.